The summed E-state index contributed by atoms with van der Waals surface area (Å²) in [5.74, 6) is -0.0325. The Balaban J connectivity index is 3.35. The van der Waals surface area contributed by atoms with E-state index in [0.717, 1.165) is 6.29 Å². The largest absolute Gasteiger partial charge is 0.505 e. The molecule has 0 spiro atoms. The van der Waals surface area contributed by atoms with E-state index in [-0.39, 0.29) is 5.92 Å². The van der Waals surface area contributed by atoms with Crippen LogP contribution in [0.25, 0.3) is 0 Å². The van der Waals surface area contributed by atoms with Crippen molar-refractivity contribution in [2.75, 3.05) is 7.11 Å². The van der Waals surface area contributed by atoms with E-state index in [9.17, 15) is 4.79 Å². The van der Waals surface area contributed by atoms with E-state index in [0.29, 0.717) is 0 Å². The van der Waals surface area contributed by atoms with Crippen molar-refractivity contribution < 1.29 is 9.53 Å². The number of carbonyl (C=O) groups excluding carboxylic acids is 1. The molecule has 0 aliphatic rings. The first kappa shape index (κ1) is 7.21. The molecule has 1 atom stereocenters. The molecule has 46 valence electrons. The summed E-state index contributed by atoms with van der Waals surface area (Å²) in [7, 11) is 1.55. The van der Waals surface area contributed by atoms with E-state index in [1.165, 1.54) is 6.26 Å². The average Bonchev–Trinajstić information content (AvgIpc) is 1.83. The summed E-state index contributed by atoms with van der Waals surface area (Å²) >= 11 is 0. The third kappa shape index (κ3) is 3.40. The van der Waals surface area contributed by atoms with Crippen molar-refractivity contribution in [3.8, 4) is 0 Å². The number of hydrogen-bond acceptors (Lipinski definition) is 2. The third-order valence-corrected chi connectivity index (χ3v) is 0.733. The van der Waals surface area contributed by atoms with Crippen LogP contribution in [0, 0.1) is 5.92 Å². The van der Waals surface area contributed by atoms with Gasteiger partial charge in [-0.05, 0) is 6.08 Å². The van der Waals surface area contributed by atoms with E-state index in [1.54, 1.807) is 20.1 Å². The molecule has 0 aromatic carbocycles. The molecule has 0 aliphatic heterocycles. The standard InChI is InChI=1S/C6H10O2/c1-6(5-7)3-4-8-2/h3-6H,1-2H3/b4-3+/t6-/m1/s1. The quantitative estimate of drug-likeness (QED) is 0.404. The Kier molecular flexibility index (Phi) is 3.94. The van der Waals surface area contributed by atoms with Gasteiger partial charge < -0.3 is 9.53 Å². The van der Waals surface area contributed by atoms with Crippen LogP contribution in [0.15, 0.2) is 12.3 Å². The van der Waals surface area contributed by atoms with Crippen LogP contribution >= 0.6 is 0 Å². The summed E-state index contributed by atoms with van der Waals surface area (Å²) in [5, 5.41) is 0. The first-order chi connectivity index (χ1) is 3.81. The van der Waals surface area contributed by atoms with Crippen molar-refractivity contribution in [3.63, 3.8) is 0 Å². The molecule has 8 heavy (non-hydrogen) atoms. The number of hydrogen-bond donors (Lipinski definition) is 0. The van der Waals surface area contributed by atoms with Gasteiger partial charge in [-0.15, -0.1) is 0 Å². The van der Waals surface area contributed by atoms with Gasteiger partial charge in [0.1, 0.15) is 6.29 Å². The van der Waals surface area contributed by atoms with Gasteiger partial charge in [-0.3, -0.25) is 0 Å². The molecule has 2 heteroatoms. The van der Waals surface area contributed by atoms with E-state index >= 15 is 0 Å². The molecule has 0 heterocycles. The van der Waals surface area contributed by atoms with Crippen LogP contribution in [0.3, 0.4) is 0 Å². The van der Waals surface area contributed by atoms with Crippen LogP contribution in [0.2, 0.25) is 0 Å². The minimum Gasteiger partial charge on any atom is -0.505 e. The minimum atomic E-state index is -0.0325. The Morgan fingerprint density at radius 3 is 2.62 bits per heavy atom. The lowest BCUT2D eigenvalue weighted by Gasteiger charge is -1.89. The fourth-order valence-electron chi connectivity index (χ4n) is 0.248. The summed E-state index contributed by atoms with van der Waals surface area (Å²) in [4.78, 5) is 9.90. The fourth-order valence-corrected chi connectivity index (χ4v) is 0.248. The van der Waals surface area contributed by atoms with Gasteiger partial charge in [0.25, 0.3) is 0 Å². The molecule has 0 saturated heterocycles. The van der Waals surface area contributed by atoms with E-state index in [1.807, 2.05) is 0 Å². The van der Waals surface area contributed by atoms with Gasteiger partial charge in [0.05, 0.1) is 13.4 Å². The predicted molar refractivity (Wildman–Crippen MR) is 31.4 cm³/mol. The highest BCUT2D eigenvalue weighted by molar-refractivity contribution is 5.55. The smallest absolute Gasteiger partial charge is 0.126 e. The minimum absolute atomic E-state index is 0.0325. The maximum absolute atomic E-state index is 9.90. The molecule has 0 amide bonds. The number of allylic oxidation sites excluding steroid dienone is 1. The summed E-state index contributed by atoms with van der Waals surface area (Å²) in [6.45, 7) is 1.79. The molecular formula is C6H10O2. The van der Waals surface area contributed by atoms with Crippen molar-refractivity contribution in [1.29, 1.82) is 0 Å². The van der Waals surface area contributed by atoms with Crippen LogP contribution in [-0.4, -0.2) is 13.4 Å². The molecule has 0 aromatic rings. The normalized spacial score (nSPS) is 13.8. The zero-order valence-electron chi connectivity index (χ0n) is 5.13. The van der Waals surface area contributed by atoms with Gasteiger partial charge in [0.15, 0.2) is 0 Å². The van der Waals surface area contributed by atoms with E-state index < -0.39 is 0 Å². The predicted octanol–water partition coefficient (Wildman–Crippen LogP) is 0.982. The molecule has 2 nitrogen and oxygen atoms in total. The molecule has 0 N–H and O–H groups in total. The van der Waals surface area contributed by atoms with Gasteiger partial charge >= 0.3 is 0 Å². The lowest BCUT2D eigenvalue weighted by Crippen LogP contribution is -1.88. The third-order valence-electron chi connectivity index (χ3n) is 0.733. The Morgan fingerprint density at radius 1 is 1.62 bits per heavy atom. The van der Waals surface area contributed by atoms with Crippen molar-refractivity contribution in [1.82, 2.24) is 0 Å². The van der Waals surface area contributed by atoms with Crippen LogP contribution in [0.5, 0.6) is 0 Å². The number of rotatable bonds is 3. The second-order valence-electron chi connectivity index (χ2n) is 1.56. The first-order valence-electron chi connectivity index (χ1n) is 2.46. The Bertz CT molecular complexity index is 86.5. The second-order valence-corrected chi connectivity index (χ2v) is 1.56. The average molecular weight is 114 g/mol. The fraction of sp³-hybridized carbons (Fsp3) is 0.500. The monoisotopic (exact) mass is 114 g/mol. The SMILES string of the molecule is CO/C=C/[C@@H](C)C=O. The number of methoxy groups -OCH3 is 1. The molecule has 0 aliphatic carbocycles. The Hall–Kier alpha value is -0.790. The molecule has 0 saturated carbocycles. The van der Waals surface area contributed by atoms with Crippen LogP contribution in [0.4, 0.5) is 0 Å². The lowest BCUT2D eigenvalue weighted by molar-refractivity contribution is -0.109. The van der Waals surface area contributed by atoms with Crippen LogP contribution in [0.1, 0.15) is 6.92 Å². The molecule has 0 rings (SSSR count). The van der Waals surface area contributed by atoms with Gasteiger partial charge in [0, 0.05) is 5.92 Å². The van der Waals surface area contributed by atoms with Gasteiger partial charge in [0.2, 0.25) is 0 Å². The van der Waals surface area contributed by atoms with Gasteiger partial charge in [-0.1, -0.05) is 6.92 Å². The zero-order valence-corrected chi connectivity index (χ0v) is 5.13. The van der Waals surface area contributed by atoms with E-state index in [2.05, 4.69) is 4.74 Å². The maximum atomic E-state index is 9.90. The van der Waals surface area contributed by atoms with Crippen molar-refractivity contribution in [2.45, 2.75) is 6.92 Å². The number of aldehydes is 1. The molecule has 0 radical (unpaired) electrons. The summed E-state index contributed by atoms with van der Waals surface area (Å²) in [6.07, 6.45) is 4.04. The van der Waals surface area contributed by atoms with Gasteiger partial charge in [-0.2, -0.15) is 0 Å². The zero-order chi connectivity index (χ0) is 6.41. The first-order valence-corrected chi connectivity index (χ1v) is 2.46. The maximum Gasteiger partial charge on any atom is 0.126 e. The molecule has 0 unspecified atom stereocenters. The highest BCUT2D eigenvalue weighted by Crippen LogP contribution is 1.89. The molecule has 0 fully saturated rings. The highest BCUT2D eigenvalue weighted by atomic mass is 16.5. The van der Waals surface area contributed by atoms with Crippen molar-refractivity contribution in [2.24, 2.45) is 5.92 Å². The van der Waals surface area contributed by atoms with Gasteiger partial charge in [-0.25, -0.2) is 0 Å². The second kappa shape index (κ2) is 4.37. The topological polar surface area (TPSA) is 26.3 Å². The number of carbonyl (C=O) groups is 1. The van der Waals surface area contributed by atoms with E-state index in [4.69, 9.17) is 0 Å². The molecule has 0 aromatic heterocycles. The highest BCUT2D eigenvalue weighted by Gasteiger charge is 1.88. The summed E-state index contributed by atoms with van der Waals surface area (Å²) in [6, 6.07) is 0. The summed E-state index contributed by atoms with van der Waals surface area (Å²) in [5.41, 5.74) is 0. The Morgan fingerprint density at radius 2 is 2.25 bits per heavy atom. The molecule has 0 bridgehead atoms. The number of ether oxygens (including phenoxy) is 1. The molecular weight excluding hydrogens is 104 g/mol. The lowest BCUT2D eigenvalue weighted by atomic mass is 10.2. The van der Waals surface area contributed by atoms with Crippen LogP contribution in [-0.2, 0) is 9.53 Å². The van der Waals surface area contributed by atoms with Crippen molar-refractivity contribution >= 4 is 6.29 Å². The van der Waals surface area contributed by atoms with Crippen molar-refractivity contribution in [3.05, 3.63) is 12.3 Å². The Labute approximate surface area is 49.1 Å². The van der Waals surface area contributed by atoms with Crippen LogP contribution < -0.4 is 0 Å². The summed E-state index contributed by atoms with van der Waals surface area (Å²) < 4.78 is 4.57.